The molecule has 0 unspecified atom stereocenters. The van der Waals surface area contributed by atoms with Gasteiger partial charge in [0, 0.05) is 11.6 Å². The average Bonchev–Trinajstić information content (AvgIpc) is 3.20. The number of nitrogens with one attached hydrogen (secondary N) is 1. The summed E-state index contributed by atoms with van der Waals surface area (Å²) in [6, 6.07) is 11.0. The first-order valence-corrected chi connectivity index (χ1v) is 7.40. The van der Waals surface area contributed by atoms with Crippen LogP contribution in [0, 0.1) is 0 Å². The van der Waals surface area contributed by atoms with E-state index in [1.165, 1.54) is 24.0 Å². The fourth-order valence-corrected chi connectivity index (χ4v) is 2.21. The Morgan fingerprint density at radius 2 is 2.00 bits per heavy atom. The lowest BCUT2D eigenvalue weighted by Gasteiger charge is -2.07. The lowest BCUT2D eigenvalue weighted by Crippen LogP contribution is -2.15. The zero-order chi connectivity index (χ0) is 13.8. The van der Waals surface area contributed by atoms with Crippen LogP contribution in [-0.4, -0.2) is 12.6 Å². The molecule has 3 heteroatoms. The molecule has 106 valence electrons. The van der Waals surface area contributed by atoms with Gasteiger partial charge in [0.25, 0.3) is 0 Å². The zero-order valence-electron chi connectivity index (χ0n) is 11.9. The monoisotopic (exact) mass is 271 g/mol. The van der Waals surface area contributed by atoms with Crippen molar-refractivity contribution in [2.45, 2.75) is 38.8 Å². The van der Waals surface area contributed by atoms with Gasteiger partial charge in [-0.3, -0.25) is 0 Å². The van der Waals surface area contributed by atoms with Gasteiger partial charge in [-0.25, -0.2) is 0 Å². The second-order valence-electron chi connectivity index (χ2n) is 5.29. The molecule has 1 aromatic heterocycles. The molecule has 3 nitrogen and oxygen atoms in total. The molecule has 0 spiro atoms. The van der Waals surface area contributed by atoms with E-state index in [0.717, 1.165) is 31.1 Å². The quantitative estimate of drug-likeness (QED) is 0.827. The Bertz CT molecular complexity index is 540. The fraction of sp³-hybridized carbons (Fsp3) is 0.412. The molecular formula is C17H21NO2. The van der Waals surface area contributed by atoms with Gasteiger partial charge in [-0.2, -0.15) is 0 Å². The van der Waals surface area contributed by atoms with Crippen molar-refractivity contribution in [3.63, 3.8) is 0 Å². The van der Waals surface area contributed by atoms with Crippen molar-refractivity contribution in [1.29, 1.82) is 0 Å². The molecule has 1 aliphatic rings. The van der Waals surface area contributed by atoms with Crippen molar-refractivity contribution < 1.29 is 9.15 Å². The van der Waals surface area contributed by atoms with E-state index < -0.39 is 0 Å². The molecule has 0 radical (unpaired) electrons. The van der Waals surface area contributed by atoms with E-state index in [4.69, 9.17) is 9.15 Å². The van der Waals surface area contributed by atoms with Gasteiger partial charge in [0.05, 0.1) is 19.4 Å². The van der Waals surface area contributed by atoms with Crippen LogP contribution >= 0.6 is 0 Å². The molecule has 1 aromatic carbocycles. The van der Waals surface area contributed by atoms with Gasteiger partial charge >= 0.3 is 0 Å². The minimum atomic E-state index is 0.692. The molecule has 20 heavy (non-hydrogen) atoms. The van der Waals surface area contributed by atoms with Gasteiger partial charge in [0.15, 0.2) is 0 Å². The molecule has 1 saturated carbocycles. The lowest BCUT2D eigenvalue weighted by atomic mass is 10.1. The number of hydrogen-bond donors (Lipinski definition) is 1. The van der Waals surface area contributed by atoms with E-state index in [1.54, 1.807) is 6.26 Å². The molecule has 3 rings (SSSR count). The second-order valence-corrected chi connectivity index (χ2v) is 5.29. The van der Waals surface area contributed by atoms with Crippen molar-refractivity contribution in [2.24, 2.45) is 0 Å². The highest BCUT2D eigenvalue weighted by atomic mass is 16.5. The summed E-state index contributed by atoms with van der Waals surface area (Å²) in [5.41, 5.74) is 2.34. The first-order chi connectivity index (χ1) is 9.86. The molecule has 0 amide bonds. The van der Waals surface area contributed by atoms with E-state index in [0.29, 0.717) is 6.04 Å². The molecule has 0 atom stereocenters. The summed E-state index contributed by atoms with van der Waals surface area (Å²) in [7, 11) is 0. The molecule has 1 N–H and O–H groups in total. The summed E-state index contributed by atoms with van der Waals surface area (Å²) in [5, 5.41) is 3.49. The van der Waals surface area contributed by atoms with Gasteiger partial charge < -0.3 is 14.5 Å². The number of ether oxygens (including phenoxy) is 1. The summed E-state index contributed by atoms with van der Waals surface area (Å²) >= 11 is 0. The lowest BCUT2D eigenvalue weighted by molar-refractivity contribution is 0.317. The SMILES string of the molecule is CCCOc1ccc(-c2ccoc2CNC2CC2)cc1. The Labute approximate surface area is 119 Å². The highest BCUT2D eigenvalue weighted by molar-refractivity contribution is 5.66. The van der Waals surface area contributed by atoms with Crippen LogP contribution in [-0.2, 0) is 6.54 Å². The smallest absolute Gasteiger partial charge is 0.125 e. The first-order valence-electron chi connectivity index (χ1n) is 7.40. The topological polar surface area (TPSA) is 34.4 Å². The second kappa shape index (κ2) is 6.14. The van der Waals surface area contributed by atoms with Crippen molar-refractivity contribution >= 4 is 0 Å². The van der Waals surface area contributed by atoms with Gasteiger partial charge in [0.1, 0.15) is 11.5 Å². The predicted octanol–water partition coefficient (Wildman–Crippen LogP) is 3.99. The largest absolute Gasteiger partial charge is 0.494 e. The number of benzene rings is 1. The normalized spacial score (nSPS) is 14.4. The maximum Gasteiger partial charge on any atom is 0.125 e. The molecule has 0 aliphatic heterocycles. The van der Waals surface area contributed by atoms with E-state index in [1.807, 2.05) is 18.2 Å². The maximum absolute atomic E-state index is 5.61. The predicted molar refractivity (Wildman–Crippen MR) is 79.8 cm³/mol. The van der Waals surface area contributed by atoms with Gasteiger partial charge in [-0.05, 0) is 43.0 Å². The van der Waals surface area contributed by atoms with Crippen molar-refractivity contribution in [2.75, 3.05) is 6.61 Å². The summed E-state index contributed by atoms with van der Waals surface area (Å²) in [6.07, 6.45) is 5.38. The van der Waals surface area contributed by atoms with Crippen LogP contribution in [0.2, 0.25) is 0 Å². The molecule has 1 fully saturated rings. The number of furan rings is 1. The summed E-state index contributed by atoms with van der Waals surface area (Å²) in [5.74, 6) is 1.94. The summed E-state index contributed by atoms with van der Waals surface area (Å²) in [6.45, 7) is 3.68. The molecular weight excluding hydrogens is 250 g/mol. The Morgan fingerprint density at radius 1 is 1.20 bits per heavy atom. The van der Waals surface area contributed by atoms with Crippen molar-refractivity contribution in [3.8, 4) is 16.9 Å². The third kappa shape index (κ3) is 3.23. The molecule has 0 bridgehead atoms. The Balaban J connectivity index is 1.69. The fourth-order valence-electron chi connectivity index (χ4n) is 2.21. The average molecular weight is 271 g/mol. The highest BCUT2D eigenvalue weighted by Gasteiger charge is 2.21. The zero-order valence-corrected chi connectivity index (χ0v) is 11.9. The molecule has 1 aliphatic carbocycles. The molecule has 1 heterocycles. The van der Waals surface area contributed by atoms with Crippen LogP contribution in [0.15, 0.2) is 41.0 Å². The molecule has 0 saturated heterocycles. The van der Waals surface area contributed by atoms with Gasteiger partial charge in [0.2, 0.25) is 0 Å². The minimum absolute atomic E-state index is 0.692. The van der Waals surface area contributed by atoms with E-state index in [2.05, 4.69) is 24.4 Å². The minimum Gasteiger partial charge on any atom is -0.494 e. The Kier molecular flexibility index (Phi) is 4.07. The van der Waals surface area contributed by atoms with Crippen LogP contribution in [0.1, 0.15) is 31.9 Å². The summed E-state index contributed by atoms with van der Waals surface area (Å²) in [4.78, 5) is 0. The third-order valence-electron chi connectivity index (χ3n) is 3.51. The van der Waals surface area contributed by atoms with Gasteiger partial charge in [-0.15, -0.1) is 0 Å². The summed E-state index contributed by atoms with van der Waals surface area (Å²) < 4.78 is 11.2. The van der Waals surface area contributed by atoms with Gasteiger partial charge in [-0.1, -0.05) is 19.1 Å². The molecule has 2 aromatic rings. The number of rotatable bonds is 7. The highest BCUT2D eigenvalue weighted by Crippen LogP contribution is 2.28. The Hall–Kier alpha value is -1.74. The van der Waals surface area contributed by atoms with Crippen LogP contribution in [0.4, 0.5) is 0 Å². The van der Waals surface area contributed by atoms with E-state index in [-0.39, 0.29) is 0 Å². The van der Waals surface area contributed by atoms with Crippen LogP contribution in [0.3, 0.4) is 0 Å². The number of hydrogen-bond acceptors (Lipinski definition) is 3. The van der Waals surface area contributed by atoms with Crippen LogP contribution in [0.5, 0.6) is 5.75 Å². The third-order valence-corrected chi connectivity index (χ3v) is 3.51. The van der Waals surface area contributed by atoms with E-state index >= 15 is 0 Å². The van der Waals surface area contributed by atoms with Crippen molar-refractivity contribution in [1.82, 2.24) is 5.32 Å². The van der Waals surface area contributed by atoms with Crippen molar-refractivity contribution in [3.05, 3.63) is 42.4 Å². The first kappa shape index (κ1) is 13.3. The maximum atomic E-state index is 5.61. The Morgan fingerprint density at radius 3 is 2.70 bits per heavy atom. The van der Waals surface area contributed by atoms with Crippen LogP contribution < -0.4 is 10.1 Å². The van der Waals surface area contributed by atoms with Crippen LogP contribution in [0.25, 0.3) is 11.1 Å². The standard InChI is InChI=1S/C17H21NO2/c1-2-10-19-15-7-3-13(4-8-15)16-9-11-20-17(16)12-18-14-5-6-14/h3-4,7-9,11,14,18H,2,5-6,10,12H2,1H3. The van der Waals surface area contributed by atoms with E-state index in [9.17, 15) is 0 Å².